The number of nitrogens with one attached hydrogen (secondary N) is 1. The molecule has 2 aromatic rings. The van der Waals surface area contributed by atoms with Gasteiger partial charge in [0.25, 0.3) is 0 Å². The van der Waals surface area contributed by atoms with Crippen molar-refractivity contribution in [1.82, 2.24) is 9.55 Å². The lowest BCUT2D eigenvalue weighted by Crippen LogP contribution is -2.27. The van der Waals surface area contributed by atoms with Crippen molar-refractivity contribution in [2.45, 2.75) is 33.0 Å². The number of hydrogen-bond acceptors (Lipinski definition) is 5. The molecular formula is C17H20ClN3O4. The minimum absolute atomic E-state index is 0.00816. The van der Waals surface area contributed by atoms with Gasteiger partial charge < -0.3 is 14.0 Å². The summed E-state index contributed by atoms with van der Waals surface area (Å²) in [4.78, 5) is 28.0. The van der Waals surface area contributed by atoms with Crippen molar-refractivity contribution in [1.29, 1.82) is 0 Å². The molecule has 7 nitrogen and oxygen atoms in total. The van der Waals surface area contributed by atoms with E-state index >= 15 is 0 Å². The van der Waals surface area contributed by atoms with Crippen molar-refractivity contribution in [2.75, 3.05) is 5.32 Å². The molecule has 0 atom stereocenters. The van der Waals surface area contributed by atoms with E-state index in [9.17, 15) is 9.59 Å². The predicted octanol–water partition coefficient (Wildman–Crippen LogP) is 3.78. The van der Waals surface area contributed by atoms with E-state index in [0.717, 1.165) is 0 Å². The summed E-state index contributed by atoms with van der Waals surface area (Å²) < 4.78 is 12.0. The van der Waals surface area contributed by atoms with Crippen LogP contribution in [-0.2, 0) is 23.1 Å². The number of hydrogen-bond donors (Lipinski definition) is 1. The Labute approximate surface area is 150 Å². The molecule has 134 valence electrons. The molecule has 1 heterocycles. The van der Waals surface area contributed by atoms with Gasteiger partial charge >= 0.3 is 12.1 Å². The number of carbonyl (C=O) groups excluding carboxylic acids is 2. The van der Waals surface area contributed by atoms with Crippen molar-refractivity contribution in [3.8, 4) is 0 Å². The number of carbonyl (C=O) groups is 2. The highest BCUT2D eigenvalue weighted by Crippen LogP contribution is 2.15. The third-order valence-corrected chi connectivity index (χ3v) is 3.45. The molecule has 25 heavy (non-hydrogen) atoms. The van der Waals surface area contributed by atoms with Gasteiger partial charge in [0.15, 0.2) is 0 Å². The van der Waals surface area contributed by atoms with Gasteiger partial charge in [-0.05, 0) is 39.0 Å². The number of imidazole rings is 1. The average Bonchev–Trinajstić information content (AvgIpc) is 2.82. The minimum Gasteiger partial charge on any atom is -0.454 e. The third kappa shape index (κ3) is 5.49. The first-order valence-electron chi connectivity index (χ1n) is 7.59. The van der Waals surface area contributed by atoms with Gasteiger partial charge in [-0.25, -0.2) is 14.6 Å². The first-order valence-corrected chi connectivity index (χ1v) is 7.97. The Hall–Kier alpha value is -2.54. The molecule has 8 heteroatoms. The van der Waals surface area contributed by atoms with Crippen molar-refractivity contribution < 1.29 is 19.1 Å². The molecule has 0 aliphatic carbocycles. The van der Waals surface area contributed by atoms with Crippen molar-refractivity contribution >= 4 is 29.4 Å². The summed E-state index contributed by atoms with van der Waals surface area (Å²) in [6.45, 7) is 5.30. The average molecular weight is 366 g/mol. The maximum Gasteiger partial charge on any atom is 0.412 e. The SMILES string of the molecule is Cn1c(Cl)cnc1COC(=O)c1cccc(NC(=O)OC(C)(C)C)c1. The monoisotopic (exact) mass is 365 g/mol. The van der Waals surface area contributed by atoms with Gasteiger partial charge in [0.1, 0.15) is 23.2 Å². The first-order chi connectivity index (χ1) is 11.7. The summed E-state index contributed by atoms with van der Waals surface area (Å²) in [6, 6.07) is 6.39. The molecule has 0 unspecified atom stereocenters. The predicted molar refractivity (Wildman–Crippen MR) is 93.6 cm³/mol. The van der Waals surface area contributed by atoms with Crippen LogP contribution in [0.3, 0.4) is 0 Å². The Balaban J connectivity index is 1.99. The number of ether oxygens (including phenoxy) is 2. The molecule has 0 bridgehead atoms. The lowest BCUT2D eigenvalue weighted by atomic mass is 10.2. The van der Waals surface area contributed by atoms with Crippen LogP contribution < -0.4 is 5.32 Å². The molecule has 2 rings (SSSR count). The summed E-state index contributed by atoms with van der Waals surface area (Å²) in [5.41, 5.74) is 0.127. The maximum atomic E-state index is 12.2. The van der Waals surface area contributed by atoms with E-state index in [1.807, 2.05) is 0 Å². The maximum absolute atomic E-state index is 12.2. The Morgan fingerprint density at radius 3 is 2.64 bits per heavy atom. The quantitative estimate of drug-likeness (QED) is 0.834. The van der Waals surface area contributed by atoms with Crippen molar-refractivity contribution in [3.05, 3.63) is 47.0 Å². The number of esters is 1. The number of amides is 1. The highest BCUT2D eigenvalue weighted by Gasteiger charge is 2.17. The fourth-order valence-electron chi connectivity index (χ4n) is 1.92. The van der Waals surface area contributed by atoms with Crippen molar-refractivity contribution in [3.63, 3.8) is 0 Å². The molecule has 0 saturated heterocycles. The smallest absolute Gasteiger partial charge is 0.412 e. The van der Waals surface area contributed by atoms with Crippen LogP contribution in [0.4, 0.5) is 10.5 Å². The number of anilines is 1. The Morgan fingerprint density at radius 1 is 1.32 bits per heavy atom. The highest BCUT2D eigenvalue weighted by atomic mass is 35.5. The van der Waals surface area contributed by atoms with Gasteiger partial charge in [-0.15, -0.1) is 0 Å². The lowest BCUT2D eigenvalue weighted by molar-refractivity contribution is 0.0458. The number of rotatable bonds is 4. The second-order valence-electron chi connectivity index (χ2n) is 6.34. The van der Waals surface area contributed by atoms with Crippen LogP contribution in [0.25, 0.3) is 0 Å². The van der Waals surface area contributed by atoms with E-state index in [1.165, 1.54) is 12.3 Å². The summed E-state index contributed by atoms with van der Waals surface area (Å²) in [6.07, 6.45) is 0.886. The van der Waals surface area contributed by atoms with Crippen molar-refractivity contribution in [2.24, 2.45) is 7.05 Å². The topological polar surface area (TPSA) is 82.5 Å². The van der Waals surface area contributed by atoms with E-state index in [-0.39, 0.29) is 6.61 Å². The van der Waals surface area contributed by atoms with Crippen LogP contribution in [-0.4, -0.2) is 27.2 Å². The first kappa shape index (κ1) is 18.8. The zero-order valence-electron chi connectivity index (χ0n) is 14.5. The lowest BCUT2D eigenvalue weighted by Gasteiger charge is -2.19. The molecule has 0 aliphatic rings. The molecule has 0 saturated carbocycles. The molecule has 0 fully saturated rings. The summed E-state index contributed by atoms with van der Waals surface area (Å²) in [5, 5.41) is 3.03. The normalized spacial score (nSPS) is 11.1. The highest BCUT2D eigenvalue weighted by molar-refractivity contribution is 6.29. The molecule has 0 spiro atoms. The van der Waals surface area contributed by atoms with E-state index in [4.69, 9.17) is 21.1 Å². The van der Waals surface area contributed by atoms with Gasteiger partial charge in [0, 0.05) is 12.7 Å². The van der Waals surface area contributed by atoms with E-state index in [2.05, 4.69) is 10.3 Å². The van der Waals surface area contributed by atoms with E-state index in [1.54, 1.807) is 50.6 Å². The van der Waals surface area contributed by atoms with Gasteiger partial charge in [0.05, 0.1) is 11.8 Å². The Kier molecular flexibility index (Phi) is 5.69. The number of nitrogens with zero attached hydrogens (tertiary/aromatic N) is 2. The summed E-state index contributed by atoms with van der Waals surface area (Å²) in [5.74, 6) is -0.00616. The van der Waals surface area contributed by atoms with E-state index in [0.29, 0.717) is 22.2 Å². The second kappa shape index (κ2) is 7.57. The Morgan fingerprint density at radius 2 is 2.04 bits per heavy atom. The third-order valence-electron chi connectivity index (χ3n) is 3.10. The molecule has 0 aliphatic heterocycles. The molecule has 1 aromatic carbocycles. The van der Waals surface area contributed by atoms with Gasteiger partial charge in [-0.3, -0.25) is 5.32 Å². The molecular weight excluding hydrogens is 346 g/mol. The molecule has 1 amide bonds. The molecule has 0 radical (unpaired) electrons. The van der Waals surface area contributed by atoms with Gasteiger partial charge in [-0.1, -0.05) is 17.7 Å². The molecule has 1 N–H and O–H groups in total. The standard InChI is InChI=1S/C17H20ClN3O4/c1-17(2,3)25-16(23)20-12-7-5-6-11(8-12)15(22)24-10-14-19-9-13(18)21(14)4/h5-9H,10H2,1-4H3,(H,20,23). The molecule has 1 aromatic heterocycles. The largest absolute Gasteiger partial charge is 0.454 e. The second-order valence-corrected chi connectivity index (χ2v) is 6.73. The van der Waals surface area contributed by atoms with Crippen LogP contribution >= 0.6 is 11.6 Å². The summed E-state index contributed by atoms with van der Waals surface area (Å²) >= 11 is 5.88. The zero-order chi connectivity index (χ0) is 18.6. The van der Waals surface area contributed by atoms with Gasteiger partial charge in [0.2, 0.25) is 0 Å². The van der Waals surface area contributed by atoms with Crippen LogP contribution in [0.5, 0.6) is 0 Å². The van der Waals surface area contributed by atoms with Crippen LogP contribution in [0, 0.1) is 0 Å². The number of halogens is 1. The fraction of sp³-hybridized carbons (Fsp3) is 0.353. The van der Waals surface area contributed by atoms with Crippen LogP contribution in [0.15, 0.2) is 30.5 Å². The fourth-order valence-corrected chi connectivity index (χ4v) is 2.06. The van der Waals surface area contributed by atoms with Crippen LogP contribution in [0.1, 0.15) is 37.0 Å². The van der Waals surface area contributed by atoms with E-state index < -0.39 is 17.7 Å². The minimum atomic E-state index is -0.607. The number of benzene rings is 1. The number of aromatic nitrogens is 2. The van der Waals surface area contributed by atoms with Crippen LogP contribution in [0.2, 0.25) is 5.15 Å². The Bertz CT molecular complexity index is 780. The summed E-state index contributed by atoms with van der Waals surface area (Å²) in [7, 11) is 1.73. The zero-order valence-corrected chi connectivity index (χ0v) is 15.3. The van der Waals surface area contributed by atoms with Gasteiger partial charge in [-0.2, -0.15) is 0 Å².